The number of aromatic nitrogens is 8. The molecule has 3 rings (SSSR count). The van der Waals surface area contributed by atoms with Crippen LogP contribution in [0.1, 0.15) is 32.8 Å². The summed E-state index contributed by atoms with van der Waals surface area (Å²) in [6.45, 7) is 6.03. The summed E-state index contributed by atoms with van der Waals surface area (Å²) in [5, 5.41) is 25.1. The molecule has 1 N–H and O–H groups in total. The number of hydrogen-bond donors (Lipinski definition) is 1. The molecule has 0 aliphatic rings. The largest absolute Gasteiger partial charge is 0.390 e. The number of carbonyl (C=O) groups excluding carboxylic acids is 1. The van der Waals surface area contributed by atoms with Gasteiger partial charge in [-0.25, -0.2) is 5.10 Å². The average Bonchev–Trinajstić information content (AvgIpc) is 3.24. The molecule has 0 saturated carbocycles. The Morgan fingerprint density at radius 2 is 1.96 bits per heavy atom. The van der Waals surface area contributed by atoms with Crippen molar-refractivity contribution in [3.63, 3.8) is 0 Å². The van der Waals surface area contributed by atoms with Gasteiger partial charge in [0.2, 0.25) is 5.82 Å². The molecule has 10 nitrogen and oxygen atoms in total. The van der Waals surface area contributed by atoms with Crippen molar-refractivity contribution < 1.29 is 9.53 Å². The fourth-order valence-electron chi connectivity index (χ4n) is 2.03. The molecule has 130 valence electrons. The molecule has 25 heavy (non-hydrogen) atoms. The van der Waals surface area contributed by atoms with E-state index >= 15 is 0 Å². The van der Waals surface area contributed by atoms with E-state index in [9.17, 15) is 4.79 Å². The van der Waals surface area contributed by atoms with Crippen LogP contribution < -0.4 is 4.74 Å². The number of esters is 1. The van der Waals surface area contributed by atoms with E-state index in [-0.39, 0.29) is 18.0 Å². The third-order valence-corrected chi connectivity index (χ3v) is 3.38. The Balaban J connectivity index is 1.58. The molecule has 0 atom stereocenters. The van der Waals surface area contributed by atoms with Crippen LogP contribution in [0.4, 0.5) is 0 Å². The molecular formula is C15H18N8O2. The summed E-state index contributed by atoms with van der Waals surface area (Å²) < 4.78 is 4.94. The lowest BCUT2D eigenvalue weighted by Crippen LogP contribution is -2.24. The normalized spacial score (nSPS) is 11.5. The number of rotatable bonds is 5. The molecule has 10 heteroatoms. The van der Waals surface area contributed by atoms with Gasteiger partial charge in [-0.2, -0.15) is 4.80 Å². The van der Waals surface area contributed by atoms with Crippen LogP contribution >= 0.6 is 0 Å². The van der Waals surface area contributed by atoms with Crippen LogP contribution in [0, 0.1) is 0 Å². The topological polar surface area (TPSA) is 124 Å². The zero-order valence-electron chi connectivity index (χ0n) is 14.2. The number of hydrogen-bond acceptors (Lipinski definition) is 8. The number of aromatic amines is 1. The van der Waals surface area contributed by atoms with Crippen LogP contribution in [-0.4, -0.2) is 46.8 Å². The molecule has 2 aromatic heterocycles. The van der Waals surface area contributed by atoms with Gasteiger partial charge in [-0.3, -0.25) is 4.79 Å². The Hall–Kier alpha value is -3.17. The molecule has 0 aliphatic heterocycles. The SMILES string of the molecule is CC(C)(C)n1nnc(-c2ccc(CCC(=O)Oc3nnn[nH]3)cc2)n1. The Kier molecular flexibility index (Phi) is 4.50. The molecule has 0 amide bonds. The number of nitrogens with one attached hydrogen (secondary N) is 1. The molecule has 0 radical (unpaired) electrons. The van der Waals surface area contributed by atoms with Crippen molar-refractivity contribution in [1.82, 2.24) is 40.8 Å². The standard InChI is InChI=1S/C15H18N8O2/c1-15(2,3)23-19-13(16-22-23)11-7-4-10(5-8-11)6-9-12(24)25-14-17-20-21-18-14/h4-5,7-8H,6,9H2,1-3H3,(H,17,18,20,21). The van der Waals surface area contributed by atoms with Crippen molar-refractivity contribution >= 4 is 5.97 Å². The van der Waals surface area contributed by atoms with Crippen molar-refractivity contribution in [3.8, 4) is 17.4 Å². The van der Waals surface area contributed by atoms with E-state index in [1.54, 1.807) is 4.80 Å². The van der Waals surface area contributed by atoms with Gasteiger partial charge >= 0.3 is 12.0 Å². The van der Waals surface area contributed by atoms with Crippen LogP contribution in [0.2, 0.25) is 0 Å². The van der Waals surface area contributed by atoms with Gasteiger partial charge in [-0.05, 0) is 48.4 Å². The minimum absolute atomic E-state index is 0.00615. The van der Waals surface area contributed by atoms with Crippen LogP contribution in [0.5, 0.6) is 6.01 Å². The maximum absolute atomic E-state index is 11.7. The first-order valence-corrected chi connectivity index (χ1v) is 7.76. The van der Waals surface area contributed by atoms with Gasteiger partial charge in [0.1, 0.15) is 0 Å². The van der Waals surface area contributed by atoms with Crippen molar-refractivity contribution in [1.29, 1.82) is 0 Å². The Labute approximate surface area is 143 Å². The highest BCUT2D eigenvalue weighted by Crippen LogP contribution is 2.18. The molecular weight excluding hydrogens is 324 g/mol. The molecule has 0 bridgehead atoms. The predicted octanol–water partition coefficient (Wildman–Crippen LogP) is 1.15. The van der Waals surface area contributed by atoms with E-state index in [0.717, 1.165) is 11.1 Å². The molecule has 3 aromatic rings. The molecule has 1 aromatic carbocycles. The molecule has 0 unspecified atom stereocenters. The lowest BCUT2D eigenvalue weighted by Gasteiger charge is -2.15. The predicted molar refractivity (Wildman–Crippen MR) is 86.4 cm³/mol. The minimum atomic E-state index is -0.405. The van der Waals surface area contributed by atoms with Crippen molar-refractivity contribution in [2.45, 2.75) is 39.2 Å². The summed E-state index contributed by atoms with van der Waals surface area (Å²) in [5.74, 6) is 0.163. The van der Waals surface area contributed by atoms with E-state index in [0.29, 0.717) is 12.2 Å². The molecule has 0 aliphatic carbocycles. The second-order valence-electron chi connectivity index (χ2n) is 6.45. The number of ether oxygens (including phenoxy) is 1. The van der Waals surface area contributed by atoms with E-state index in [4.69, 9.17) is 4.74 Å². The summed E-state index contributed by atoms with van der Waals surface area (Å²) >= 11 is 0. The second kappa shape index (κ2) is 6.75. The van der Waals surface area contributed by atoms with Gasteiger partial charge in [-0.15, -0.1) is 10.2 Å². The summed E-state index contributed by atoms with van der Waals surface area (Å²) in [7, 11) is 0. The van der Waals surface area contributed by atoms with Crippen LogP contribution in [0.15, 0.2) is 24.3 Å². The first-order chi connectivity index (χ1) is 11.9. The summed E-state index contributed by atoms with van der Waals surface area (Å²) in [4.78, 5) is 13.3. The van der Waals surface area contributed by atoms with Crippen LogP contribution in [0.25, 0.3) is 11.4 Å². The van der Waals surface area contributed by atoms with E-state index in [1.807, 2.05) is 45.0 Å². The zero-order valence-corrected chi connectivity index (χ0v) is 14.2. The average molecular weight is 342 g/mol. The minimum Gasteiger partial charge on any atom is -0.390 e. The van der Waals surface area contributed by atoms with Crippen molar-refractivity contribution in [2.75, 3.05) is 0 Å². The molecule has 0 saturated heterocycles. The first-order valence-electron chi connectivity index (χ1n) is 7.76. The number of aryl methyl sites for hydroxylation is 1. The highest BCUT2D eigenvalue weighted by Gasteiger charge is 2.17. The Morgan fingerprint density at radius 3 is 2.56 bits per heavy atom. The van der Waals surface area contributed by atoms with Crippen molar-refractivity contribution in [3.05, 3.63) is 29.8 Å². The fourth-order valence-corrected chi connectivity index (χ4v) is 2.03. The molecule has 0 fully saturated rings. The van der Waals surface area contributed by atoms with Gasteiger partial charge < -0.3 is 4.74 Å². The summed E-state index contributed by atoms with van der Waals surface area (Å²) in [6, 6.07) is 7.66. The molecule has 0 spiro atoms. The lowest BCUT2D eigenvalue weighted by molar-refractivity contribution is -0.134. The monoisotopic (exact) mass is 342 g/mol. The summed E-state index contributed by atoms with van der Waals surface area (Å²) in [6.07, 6.45) is 0.765. The number of tetrazole rings is 2. The van der Waals surface area contributed by atoms with Crippen LogP contribution in [-0.2, 0) is 16.8 Å². The number of H-pyrrole nitrogens is 1. The fraction of sp³-hybridized carbons (Fsp3) is 0.400. The number of nitrogens with zero attached hydrogens (tertiary/aromatic N) is 7. The lowest BCUT2D eigenvalue weighted by atomic mass is 10.1. The van der Waals surface area contributed by atoms with Gasteiger partial charge in [0.25, 0.3) is 0 Å². The van der Waals surface area contributed by atoms with Gasteiger partial charge in [0.15, 0.2) is 0 Å². The smallest absolute Gasteiger partial charge is 0.340 e. The number of carbonyl (C=O) groups is 1. The van der Waals surface area contributed by atoms with Gasteiger partial charge in [-0.1, -0.05) is 29.4 Å². The maximum atomic E-state index is 11.7. The van der Waals surface area contributed by atoms with E-state index < -0.39 is 5.97 Å². The third kappa shape index (κ3) is 4.22. The Bertz CT molecular complexity index is 833. The molecule has 2 heterocycles. The maximum Gasteiger partial charge on any atom is 0.340 e. The third-order valence-electron chi connectivity index (χ3n) is 3.38. The number of benzene rings is 1. The zero-order chi connectivity index (χ0) is 17.9. The van der Waals surface area contributed by atoms with Crippen LogP contribution in [0.3, 0.4) is 0 Å². The van der Waals surface area contributed by atoms with Crippen molar-refractivity contribution in [2.24, 2.45) is 0 Å². The van der Waals surface area contributed by atoms with Gasteiger partial charge in [0.05, 0.1) is 12.0 Å². The van der Waals surface area contributed by atoms with E-state index in [2.05, 4.69) is 36.0 Å². The van der Waals surface area contributed by atoms with Gasteiger partial charge in [0, 0.05) is 5.56 Å². The highest BCUT2D eigenvalue weighted by molar-refractivity contribution is 5.71. The summed E-state index contributed by atoms with van der Waals surface area (Å²) in [5.41, 5.74) is 1.65. The first kappa shape index (κ1) is 16.7. The van der Waals surface area contributed by atoms with E-state index in [1.165, 1.54) is 0 Å². The Morgan fingerprint density at radius 1 is 1.20 bits per heavy atom. The highest BCUT2D eigenvalue weighted by atomic mass is 16.6. The second-order valence-corrected chi connectivity index (χ2v) is 6.45. The quantitative estimate of drug-likeness (QED) is 0.685.